The largest absolute Gasteiger partial charge is 0.462 e. The Morgan fingerprint density at radius 3 is 2.53 bits per heavy atom. The van der Waals surface area contributed by atoms with Crippen LogP contribution < -0.4 is 5.73 Å². The van der Waals surface area contributed by atoms with Crippen LogP contribution in [-0.2, 0) is 14.3 Å². The molecule has 0 aliphatic carbocycles. The third-order valence-electron chi connectivity index (χ3n) is 1.83. The van der Waals surface area contributed by atoms with Crippen molar-refractivity contribution in [1.29, 1.82) is 0 Å². The first-order valence-corrected chi connectivity index (χ1v) is 5.57. The molecular formula is C11H23NO3. The van der Waals surface area contributed by atoms with Gasteiger partial charge >= 0.3 is 5.97 Å². The predicted octanol–water partition coefficient (Wildman–Crippen LogP) is 1.33. The summed E-state index contributed by atoms with van der Waals surface area (Å²) in [6.07, 6.45) is 1.56. The van der Waals surface area contributed by atoms with Gasteiger partial charge in [-0.1, -0.05) is 27.2 Å². The Balaban J connectivity index is 3.38. The summed E-state index contributed by atoms with van der Waals surface area (Å²) in [5.74, 6) is 0.174. The van der Waals surface area contributed by atoms with E-state index < -0.39 is 6.04 Å². The zero-order valence-electron chi connectivity index (χ0n) is 9.99. The Labute approximate surface area is 92.1 Å². The summed E-state index contributed by atoms with van der Waals surface area (Å²) in [5, 5.41) is 0. The van der Waals surface area contributed by atoms with Crippen LogP contribution >= 0.6 is 0 Å². The van der Waals surface area contributed by atoms with Gasteiger partial charge in [-0.2, -0.15) is 0 Å². The van der Waals surface area contributed by atoms with Gasteiger partial charge in [-0.3, -0.25) is 4.79 Å². The van der Waals surface area contributed by atoms with Crippen molar-refractivity contribution < 1.29 is 14.3 Å². The molecule has 0 radical (unpaired) electrons. The average Bonchev–Trinajstić information content (AvgIpc) is 2.16. The van der Waals surface area contributed by atoms with Crippen LogP contribution in [0.3, 0.4) is 0 Å². The Bertz CT molecular complexity index is 171. The van der Waals surface area contributed by atoms with E-state index in [9.17, 15) is 4.79 Å². The average molecular weight is 217 g/mol. The van der Waals surface area contributed by atoms with Crippen LogP contribution in [0.2, 0.25) is 0 Å². The minimum Gasteiger partial charge on any atom is -0.462 e. The van der Waals surface area contributed by atoms with Crippen molar-refractivity contribution in [3.05, 3.63) is 0 Å². The second-order valence-corrected chi connectivity index (χ2v) is 4.03. The molecule has 0 aliphatic heterocycles. The van der Waals surface area contributed by atoms with Crippen LogP contribution in [-0.4, -0.2) is 31.8 Å². The van der Waals surface area contributed by atoms with E-state index in [1.165, 1.54) is 0 Å². The highest BCUT2D eigenvalue weighted by atomic mass is 16.6. The third-order valence-corrected chi connectivity index (χ3v) is 1.83. The molecule has 0 amide bonds. The van der Waals surface area contributed by atoms with Crippen molar-refractivity contribution in [2.45, 2.75) is 39.7 Å². The predicted molar refractivity (Wildman–Crippen MR) is 59.5 cm³/mol. The molecule has 0 unspecified atom stereocenters. The monoisotopic (exact) mass is 217 g/mol. The Morgan fingerprint density at radius 1 is 1.33 bits per heavy atom. The summed E-state index contributed by atoms with van der Waals surface area (Å²) in [5.41, 5.74) is 5.58. The summed E-state index contributed by atoms with van der Waals surface area (Å²) in [6, 6.07) is -0.486. The van der Waals surface area contributed by atoms with Crippen LogP contribution in [0.5, 0.6) is 0 Å². The Morgan fingerprint density at radius 2 is 2.00 bits per heavy atom. The fraction of sp³-hybridized carbons (Fsp3) is 0.909. The molecule has 0 bridgehead atoms. The normalized spacial score (nSPS) is 12.9. The van der Waals surface area contributed by atoms with Gasteiger partial charge in [-0.05, 0) is 12.3 Å². The van der Waals surface area contributed by atoms with Crippen molar-refractivity contribution >= 4 is 5.97 Å². The number of carbonyl (C=O) groups excluding carboxylic acids is 1. The molecule has 0 aromatic carbocycles. The van der Waals surface area contributed by atoms with Crippen LogP contribution in [0.4, 0.5) is 0 Å². The summed E-state index contributed by atoms with van der Waals surface area (Å²) in [7, 11) is 0. The van der Waals surface area contributed by atoms with Crippen LogP contribution in [0.1, 0.15) is 33.6 Å². The lowest BCUT2D eigenvalue weighted by molar-refractivity contribution is -0.147. The zero-order chi connectivity index (χ0) is 11.7. The van der Waals surface area contributed by atoms with Crippen molar-refractivity contribution in [2.24, 2.45) is 11.7 Å². The zero-order valence-corrected chi connectivity index (χ0v) is 9.99. The van der Waals surface area contributed by atoms with Crippen molar-refractivity contribution in [1.82, 2.24) is 0 Å². The lowest BCUT2D eigenvalue weighted by Crippen LogP contribution is -2.32. The molecule has 1 atom stereocenters. The topological polar surface area (TPSA) is 61.6 Å². The van der Waals surface area contributed by atoms with Crippen LogP contribution in [0.25, 0.3) is 0 Å². The summed E-state index contributed by atoms with van der Waals surface area (Å²) >= 11 is 0. The van der Waals surface area contributed by atoms with Gasteiger partial charge < -0.3 is 15.2 Å². The maximum Gasteiger partial charge on any atom is 0.322 e. The van der Waals surface area contributed by atoms with Gasteiger partial charge in [0, 0.05) is 6.61 Å². The number of hydrogen-bond acceptors (Lipinski definition) is 4. The van der Waals surface area contributed by atoms with E-state index in [2.05, 4.69) is 13.8 Å². The van der Waals surface area contributed by atoms with E-state index >= 15 is 0 Å². The van der Waals surface area contributed by atoms with Gasteiger partial charge in [-0.25, -0.2) is 0 Å². The summed E-state index contributed by atoms with van der Waals surface area (Å²) in [4.78, 5) is 11.2. The van der Waals surface area contributed by atoms with E-state index in [4.69, 9.17) is 15.2 Å². The first kappa shape index (κ1) is 14.4. The number of ether oxygens (including phenoxy) is 2. The summed E-state index contributed by atoms with van der Waals surface area (Å²) < 4.78 is 10.2. The molecule has 0 spiro atoms. The lowest BCUT2D eigenvalue weighted by atomic mass is 10.2. The van der Waals surface area contributed by atoms with Gasteiger partial charge in [0.15, 0.2) is 0 Å². The van der Waals surface area contributed by atoms with Crippen LogP contribution in [0, 0.1) is 5.92 Å². The molecule has 4 nitrogen and oxygen atoms in total. The highest BCUT2D eigenvalue weighted by Crippen LogP contribution is 1.96. The maximum atomic E-state index is 11.2. The molecule has 0 aromatic rings. The molecule has 2 N–H and O–H groups in total. The standard InChI is InChI=1S/C11H23NO3/c1-4-5-10(12)11(13)15-7-6-14-8-9(2)3/h9-10H,4-8,12H2,1-3H3/t10-/m0/s1. The Kier molecular flexibility index (Phi) is 8.33. The quantitative estimate of drug-likeness (QED) is 0.492. The molecule has 0 saturated heterocycles. The fourth-order valence-corrected chi connectivity index (χ4v) is 1.06. The highest BCUT2D eigenvalue weighted by Gasteiger charge is 2.13. The molecule has 15 heavy (non-hydrogen) atoms. The number of carbonyl (C=O) groups is 1. The minimum atomic E-state index is -0.486. The van der Waals surface area contributed by atoms with Gasteiger partial charge in [-0.15, -0.1) is 0 Å². The number of rotatable bonds is 8. The minimum absolute atomic E-state index is 0.295. The molecule has 90 valence electrons. The lowest BCUT2D eigenvalue weighted by Gasteiger charge is -2.11. The first-order chi connectivity index (χ1) is 7.07. The number of esters is 1. The summed E-state index contributed by atoms with van der Waals surface area (Å²) in [6.45, 7) is 7.57. The molecule has 0 fully saturated rings. The molecule has 4 heteroatoms. The molecular weight excluding hydrogens is 194 g/mol. The Hall–Kier alpha value is -0.610. The second-order valence-electron chi connectivity index (χ2n) is 4.03. The van der Waals surface area contributed by atoms with E-state index in [0.29, 0.717) is 32.2 Å². The SMILES string of the molecule is CCC[C@H](N)C(=O)OCCOCC(C)C. The van der Waals surface area contributed by atoms with Gasteiger partial charge in [0.05, 0.1) is 6.61 Å². The number of nitrogens with two attached hydrogens (primary N) is 1. The smallest absolute Gasteiger partial charge is 0.322 e. The molecule has 0 aromatic heterocycles. The van der Waals surface area contributed by atoms with Crippen molar-refractivity contribution in [3.63, 3.8) is 0 Å². The second kappa shape index (κ2) is 8.68. The van der Waals surface area contributed by atoms with Gasteiger partial charge in [0.1, 0.15) is 12.6 Å². The highest BCUT2D eigenvalue weighted by molar-refractivity contribution is 5.75. The molecule has 0 rings (SSSR count). The van der Waals surface area contributed by atoms with Crippen molar-refractivity contribution in [2.75, 3.05) is 19.8 Å². The molecule has 0 saturated carbocycles. The van der Waals surface area contributed by atoms with Crippen molar-refractivity contribution in [3.8, 4) is 0 Å². The number of hydrogen-bond donors (Lipinski definition) is 1. The molecule has 0 aliphatic rings. The van der Waals surface area contributed by atoms with Gasteiger partial charge in [0.2, 0.25) is 0 Å². The van der Waals surface area contributed by atoms with E-state index in [-0.39, 0.29) is 5.97 Å². The fourth-order valence-electron chi connectivity index (χ4n) is 1.06. The third kappa shape index (κ3) is 8.39. The van der Waals surface area contributed by atoms with E-state index in [0.717, 1.165) is 6.42 Å². The van der Waals surface area contributed by atoms with Crippen LogP contribution in [0.15, 0.2) is 0 Å². The first-order valence-electron chi connectivity index (χ1n) is 5.57. The van der Waals surface area contributed by atoms with E-state index in [1.54, 1.807) is 0 Å². The maximum absolute atomic E-state index is 11.2. The molecule has 0 heterocycles. The van der Waals surface area contributed by atoms with E-state index in [1.807, 2.05) is 6.92 Å². The van der Waals surface area contributed by atoms with Gasteiger partial charge in [0.25, 0.3) is 0 Å².